The van der Waals surface area contributed by atoms with Gasteiger partial charge in [0.1, 0.15) is 13.2 Å². The van der Waals surface area contributed by atoms with E-state index in [-0.39, 0.29) is 5.78 Å². The molecule has 1 heterocycles. The second-order valence-corrected chi connectivity index (χ2v) is 5.02. The molecule has 2 aromatic carbocycles. The van der Waals surface area contributed by atoms with Gasteiger partial charge in [-0.1, -0.05) is 30.3 Å². The summed E-state index contributed by atoms with van der Waals surface area (Å²) in [5, 5.41) is 0. The maximum atomic E-state index is 12.4. The Hall–Kier alpha value is -2.33. The van der Waals surface area contributed by atoms with Gasteiger partial charge in [0.05, 0.1) is 6.04 Å². The van der Waals surface area contributed by atoms with Gasteiger partial charge in [-0.15, -0.1) is 0 Å². The number of fused-ring (bicyclic) bond motifs is 1. The third-order valence-electron chi connectivity index (χ3n) is 3.46. The molecular weight excluding hydrogens is 266 g/mol. The second kappa shape index (κ2) is 5.97. The molecule has 2 aromatic rings. The Kier molecular flexibility index (Phi) is 3.88. The van der Waals surface area contributed by atoms with Crippen LogP contribution in [-0.4, -0.2) is 25.0 Å². The Bertz CT molecular complexity index is 640. The molecule has 21 heavy (non-hydrogen) atoms. The summed E-state index contributed by atoms with van der Waals surface area (Å²) >= 11 is 0. The first kappa shape index (κ1) is 13.6. The van der Waals surface area contributed by atoms with Crippen molar-refractivity contribution in [1.29, 1.82) is 0 Å². The average molecular weight is 283 g/mol. The van der Waals surface area contributed by atoms with Crippen LogP contribution in [0.25, 0.3) is 0 Å². The number of Topliss-reactive ketones (excluding diaryl/α,β-unsaturated/α-hetero) is 1. The zero-order valence-electron chi connectivity index (χ0n) is 11.6. The lowest BCUT2D eigenvalue weighted by molar-refractivity contribution is 0.0959. The van der Waals surface area contributed by atoms with E-state index in [1.807, 2.05) is 30.3 Å². The number of carbonyl (C=O) groups is 1. The maximum absolute atomic E-state index is 12.4. The fourth-order valence-corrected chi connectivity index (χ4v) is 2.37. The molecule has 0 spiro atoms. The third-order valence-corrected chi connectivity index (χ3v) is 3.46. The van der Waals surface area contributed by atoms with E-state index in [9.17, 15) is 4.79 Å². The smallest absolute Gasteiger partial charge is 0.179 e. The topological polar surface area (TPSA) is 61.6 Å². The van der Waals surface area contributed by atoms with E-state index in [2.05, 4.69) is 0 Å². The van der Waals surface area contributed by atoms with Crippen molar-refractivity contribution in [3.8, 4) is 11.5 Å². The summed E-state index contributed by atoms with van der Waals surface area (Å²) in [6.45, 7) is 1.04. The Morgan fingerprint density at radius 2 is 1.76 bits per heavy atom. The van der Waals surface area contributed by atoms with E-state index < -0.39 is 6.04 Å². The molecule has 2 N–H and O–H groups in total. The maximum Gasteiger partial charge on any atom is 0.179 e. The minimum Gasteiger partial charge on any atom is -0.486 e. The molecule has 0 amide bonds. The predicted molar refractivity (Wildman–Crippen MR) is 79.9 cm³/mol. The van der Waals surface area contributed by atoms with E-state index in [1.165, 1.54) is 0 Å². The summed E-state index contributed by atoms with van der Waals surface area (Å²) in [5.41, 5.74) is 7.65. The van der Waals surface area contributed by atoms with Crippen molar-refractivity contribution in [1.82, 2.24) is 0 Å². The molecule has 108 valence electrons. The number of ketones is 1. The average Bonchev–Trinajstić information content (AvgIpc) is 2.54. The Balaban J connectivity index is 1.75. The lowest BCUT2D eigenvalue weighted by atomic mass is 9.98. The number of rotatable bonds is 4. The zero-order chi connectivity index (χ0) is 14.7. The molecular formula is C17H17NO3. The van der Waals surface area contributed by atoms with E-state index in [0.29, 0.717) is 36.7 Å². The molecule has 0 radical (unpaired) electrons. The molecule has 0 aliphatic carbocycles. The highest BCUT2D eigenvalue weighted by atomic mass is 16.6. The number of ether oxygens (including phenoxy) is 2. The lowest BCUT2D eigenvalue weighted by Crippen LogP contribution is -2.32. The van der Waals surface area contributed by atoms with Gasteiger partial charge < -0.3 is 15.2 Å². The first-order chi connectivity index (χ1) is 10.2. The fraction of sp³-hybridized carbons (Fsp3) is 0.235. The van der Waals surface area contributed by atoms with Gasteiger partial charge in [-0.05, 0) is 30.2 Å². The SMILES string of the molecule is NC(Cc1ccccc1)C(=O)c1ccc2c(c1)OCCO2. The molecule has 3 rings (SSSR count). The number of hydrogen-bond acceptors (Lipinski definition) is 4. The van der Waals surface area contributed by atoms with Gasteiger partial charge in [0.15, 0.2) is 17.3 Å². The van der Waals surface area contributed by atoms with Gasteiger partial charge in [0.25, 0.3) is 0 Å². The molecule has 0 aromatic heterocycles. The van der Waals surface area contributed by atoms with Crippen molar-refractivity contribution in [3.05, 3.63) is 59.7 Å². The van der Waals surface area contributed by atoms with Crippen LogP contribution in [0.15, 0.2) is 48.5 Å². The molecule has 4 nitrogen and oxygen atoms in total. The minimum atomic E-state index is -0.560. The highest BCUT2D eigenvalue weighted by molar-refractivity contribution is 6.00. The van der Waals surface area contributed by atoms with Gasteiger partial charge in [-0.2, -0.15) is 0 Å². The van der Waals surface area contributed by atoms with Crippen LogP contribution < -0.4 is 15.2 Å². The van der Waals surface area contributed by atoms with E-state index in [1.54, 1.807) is 18.2 Å². The largest absolute Gasteiger partial charge is 0.486 e. The third kappa shape index (κ3) is 3.06. The number of nitrogens with two attached hydrogens (primary N) is 1. The summed E-state index contributed by atoms with van der Waals surface area (Å²) in [5.74, 6) is 1.20. The summed E-state index contributed by atoms with van der Waals surface area (Å²) in [4.78, 5) is 12.4. The molecule has 1 atom stereocenters. The summed E-state index contributed by atoms with van der Waals surface area (Å²) in [7, 11) is 0. The van der Waals surface area contributed by atoms with Crippen molar-refractivity contribution in [2.75, 3.05) is 13.2 Å². The first-order valence-corrected chi connectivity index (χ1v) is 6.97. The normalized spacial score (nSPS) is 14.5. The molecule has 0 fully saturated rings. The highest BCUT2D eigenvalue weighted by Gasteiger charge is 2.19. The van der Waals surface area contributed by atoms with E-state index >= 15 is 0 Å². The Labute approximate surface area is 123 Å². The fourth-order valence-electron chi connectivity index (χ4n) is 2.37. The quantitative estimate of drug-likeness (QED) is 0.874. The van der Waals surface area contributed by atoms with Crippen molar-refractivity contribution in [2.45, 2.75) is 12.5 Å². The molecule has 1 aliphatic rings. The highest BCUT2D eigenvalue weighted by Crippen LogP contribution is 2.31. The Morgan fingerprint density at radius 3 is 2.52 bits per heavy atom. The van der Waals surface area contributed by atoms with Crippen LogP contribution in [0.5, 0.6) is 11.5 Å². The monoisotopic (exact) mass is 283 g/mol. The standard InChI is InChI=1S/C17H17NO3/c18-14(10-12-4-2-1-3-5-12)17(19)13-6-7-15-16(11-13)21-9-8-20-15/h1-7,11,14H,8-10,18H2. The molecule has 1 unspecified atom stereocenters. The van der Waals surface area contributed by atoms with Gasteiger partial charge in [-0.25, -0.2) is 0 Å². The molecule has 1 aliphatic heterocycles. The molecule has 0 bridgehead atoms. The van der Waals surface area contributed by atoms with Gasteiger partial charge >= 0.3 is 0 Å². The minimum absolute atomic E-state index is 0.0872. The molecule has 0 saturated carbocycles. The van der Waals surface area contributed by atoms with Gasteiger partial charge in [0.2, 0.25) is 0 Å². The van der Waals surface area contributed by atoms with E-state index in [4.69, 9.17) is 15.2 Å². The van der Waals surface area contributed by atoms with Crippen LogP contribution in [0, 0.1) is 0 Å². The summed E-state index contributed by atoms with van der Waals surface area (Å²) < 4.78 is 10.9. The first-order valence-electron chi connectivity index (χ1n) is 6.97. The van der Waals surface area contributed by atoms with Crippen LogP contribution in [0.1, 0.15) is 15.9 Å². The number of hydrogen-bond donors (Lipinski definition) is 1. The van der Waals surface area contributed by atoms with Gasteiger partial charge in [-0.3, -0.25) is 4.79 Å². The zero-order valence-corrected chi connectivity index (χ0v) is 11.6. The number of carbonyl (C=O) groups excluding carboxylic acids is 1. The van der Waals surface area contributed by atoms with Crippen LogP contribution in [-0.2, 0) is 6.42 Å². The van der Waals surface area contributed by atoms with Crippen molar-refractivity contribution in [3.63, 3.8) is 0 Å². The van der Waals surface area contributed by atoms with Crippen molar-refractivity contribution >= 4 is 5.78 Å². The van der Waals surface area contributed by atoms with E-state index in [0.717, 1.165) is 5.56 Å². The van der Waals surface area contributed by atoms with Crippen LogP contribution in [0.4, 0.5) is 0 Å². The number of benzene rings is 2. The molecule has 4 heteroatoms. The summed E-state index contributed by atoms with van der Waals surface area (Å²) in [6.07, 6.45) is 0.522. The van der Waals surface area contributed by atoms with Gasteiger partial charge in [0, 0.05) is 5.56 Å². The second-order valence-electron chi connectivity index (χ2n) is 5.02. The summed E-state index contributed by atoms with van der Waals surface area (Å²) in [6, 6.07) is 14.4. The van der Waals surface area contributed by atoms with Crippen LogP contribution in [0.3, 0.4) is 0 Å². The van der Waals surface area contributed by atoms with Crippen LogP contribution in [0.2, 0.25) is 0 Å². The Morgan fingerprint density at radius 1 is 1.05 bits per heavy atom. The lowest BCUT2D eigenvalue weighted by Gasteiger charge is -2.19. The van der Waals surface area contributed by atoms with Crippen LogP contribution >= 0.6 is 0 Å². The predicted octanol–water partition coefficient (Wildman–Crippen LogP) is 2.21. The molecule has 0 saturated heterocycles. The van der Waals surface area contributed by atoms with Crippen molar-refractivity contribution < 1.29 is 14.3 Å². The van der Waals surface area contributed by atoms with Crippen molar-refractivity contribution in [2.24, 2.45) is 5.73 Å².